The Bertz CT molecular complexity index is 567. The van der Waals surface area contributed by atoms with Crippen molar-refractivity contribution in [3.63, 3.8) is 0 Å². The zero-order chi connectivity index (χ0) is 14.6. The van der Waals surface area contributed by atoms with Crippen molar-refractivity contribution in [3.8, 4) is 0 Å². The van der Waals surface area contributed by atoms with E-state index < -0.39 is 10.0 Å². The molecule has 20 heavy (non-hydrogen) atoms. The van der Waals surface area contributed by atoms with Crippen LogP contribution < -0.4 is 9.62 Å². The summed E-state index contributed by atoms with van der Waals surface area (Å²) in [6.07, 6.45) is 3.03. The van der Waals surface area contributed by atoms with Gasteiger partial charge in [-0.15, -0.1) is 0 Å². The van der Waals surface area contributed by atoms with Crippen LogP contribution in [0.2, 0.25) is 0 Å². The number of nitrogens with zero attached hydrogens (tertiary/aromatic N) is 1. The Balaban J connectivity index is 2.02. The van der Waals surface area contributed by atoms with E-state index in [9.17, 15) is 13.2 Å². The van der Waals surface area contributed by atoms with E-state index >= 15 is 0 Å². The second-order valence-corrected chi connectivity index (χ2v) is 6.95. The van der Waals surface area contributed by atoms with Gasteiger partial charge in [0.05, 0.1) is 11.4 Å². The fourth-order valence-electron chi connectivity index (χ4n) is 2.20. The van der Waals surface area contributed by atoms with Crippen LogP contribution in [0, 0.1) is 0 Å². The van der Waals surface area contributed by atoms with Crippen molar-refractivity contribution in [1.82, 2.24) is 0 Å². The van der Waals surface area contributed by atoms with Crippen molar-refractivity contribution >= 4 is 27.3 Å². The molecule has 0 aliphatic carbocycles. The van der Waals surface area contributed by atoms with Crippen molar-refractivity contribution in [2.75, 3.05) is 21.9 Å². The van der Waals surface area contributed by atoms with Gasteiger partial charge in [-0.3, -0.25) is 9.10 Å². The average Bonchev–Trinajstić information content (AvgIpc) is 2.77. The maximum atomic E-state index is 11.8. The normalized spacial score (nSPS) is 17.1. The van der Waals surface area contributed by atoms with Crippen molar-refractivity contribution < 1.29 is 13.2 Å². The van der Waals surface area contributed by atoms with E-state index in [2.05, 4.69) is 5.32 Å². The fourth-order valence-corrected chi connectivity index (χ4v) is 3.77. The Morgan fingerprint density at radius 1 is 1.30 bits per heavy atom. The van der Waals surface area contributed by atoms with E-state index in [1.54, 1.807) is 24.3 Å². The van der Waals surface area contributed by atoms with Crippen molar-refractivity contribution in [2.45, 2.75) is 32.6 Å². The Labute approximate surface area is 120 Å². The molecule has 0 atom stereocenters. The first kappa shape index (κ1) is 14.8. The number of amides is 1. The van der Waals surface area contributed by atoms with Gasteiger partial charge in [0, 0.05) is 18.7 Å². The number of hydrogen-bond acceptors (Lipinski definition) is 3. The summed E-state index contributed by atoms with van der Waals surface area (Å²) in [5, 5.41) is 2.81. The number of nitrogens with one attached hydrogen (secondary N) is 1. The molecule has 6 heteroatoms. The van der Waals surface area contributed by atoms with Gasteiger partial charge >= 0.3 is 0 Å². The lowest BCUT2D eigenvalue weighted by molar-refractivity contribution is -0.116. The van der Waals surface area contributed by atoms with Gasteiger partial charge in [0.2, 0.25) is 15.9 Å². The predicted molar refractivity (Wildman–Crippen MR) is 80.3 cm³/mol. The number of unbranched alkanes of at least 4 members (excludes halogenated alkanes) is 1. The molecule has 110 valence electrons. The molecule has 1 aliphatic heterocycles. The molecule has 1 aromatic carbocycles. The van der Waals surface area contributed by atoms with E-state index in [0.29, 0.717) is 30.8 Å². The largest absolute Gasteiger partial charge is 0.326 e. The van der Waals surface area contributed by atoms with E-state index in [0.717, 1.165) is 12.8 Å². The molecule has 1 saturated heterocycles. The molecule has 1 heterocycles. The molecule has 0 saturated carbocycles. The summed E-state index contributed by atoms with van der Waals surface area (Å²) in [4.78, 5) is 11.6. The van der Waals surface area contributed by atoms with Gasteiger partial charge < -0.3 is 5.32 Å². The molecule has 1 amide bonds. The second-order valence-electron chi connectivity index (χ2n) is 4.94. The zero-order valence-electron chi connectivity index (χ0n) is 11.6. The lowest BCUT2D eigenvalue weighted by Crippen LogP contribution is -2.24. The summed E-state index contributed by atoms with van der Waals surface area (Å²) < 4.78 is 25.0. The number of benzene rings is 1. The quantitative estimate of drug-likeness (QED) is 0.907. The van der Waals surface area contributed by atoms with Gasteiger partial charge in [-0.05, 0) is 37.1 Å². The van der Waals surface area contributed by atoms with Gasteiger partial charge in [-0.2, -0.15) is 0 Å². The van der Waals surface area contributed by atoms with E-state index in [1.165, 1.54) is 4.31 Å². The highest BCUT2D eigenvalue weighted by molar-refractivity contribution is 7.93. The highest BCUT2D eigenvalue weighted by Gasteiger charge is 2.28. The average molecular weight is 296 g/mol. The van der Waals surface area contributed by atoms with E-state index in [-0.39, 0.29) is 11.7 Å². The summed E-state index contributed by atoms with van der Waals surface area (Å²) >= 11 is 0. The third kappa shape index (κ3) is 3.50. The lowest BCUT2D eigenvalue weighted by atomic mass is 10.2. The molecule has 0 bridgehead atoms. The maximum absolute atomic E-state index is 11.8. The second kappa shape index (κ2) is 6.26. The highest BCUT2D eigenvalue weighted by Crippen LogP contribution is 2.25. The molecule has 0 aromatic heterocycles. The molecule has 1 aromatic rings. The number of anilines is 2. The van der Waals surface area contributed by atoms with Crippen LogP contribution in [-0.4, -0.2) is 26.6 Å². The number of carbonyl (C=O) groups excluding carboxylic acids is 1. The number of hydrogen-bond donors (Lipinski definition) is 1. The first-order valence-electron chi connectivity index (χ1n) is 6.93. The third-order valence-corrected chi connectivity index (χ3v) is 5.17. The molecule has 2 rings (SSSR count). The standard InChI is InChI=1S/C14H20N2O3S/c1-2-3-5-14(17)15-12-6-8-13(9-7-12)16-10-4-11-20(16,18)19/h6-9H,2-5,10-11H2,1H3,(H,15,17). The molecule has 0 radical (unpaired) electrons. The molecule has 5 nitrogen and oxygen atoms in total. The van der Waals surface area contributed by atoms with Crippen LogP contribution in [0.5, 0.6) is 0 Å². The monoisotopic (exact) mass is 296 g/mol. The fraction of sp³-hybridized carbons (Fsp3) is 0.500. The van der Waals surface area contributed by atoms with Crippen LogP contribution >= 0.6 is 0 Å². The first-order chi connectivity index (χ1) is 9.53. The van der Waals surface area contributed by atoms with Crippen molar-refractivity contribution in [2.24, 2.45) is 0 Å². The minimum absolute atomic E-state index is 0.00612. The lowest BCUT2D eigenvalue weighted by Gasteiger charge is -2.17. The Kier molecular flexibility index (Phi) is 4.65. The maximum Gasteiger partial charge on any atom is 0.235 e. The van der Waals surface area contributed by atoms with Crippen LogP contribution in [0.3, 0.4) is 0 Å². The SMILES string of the molecule is CCCCC(=O)Nc1ccc(N2CCCS2(=O)=O)cc1. The van der Waals surface area contributed by atoms with Gasteiger partial charge in [0.1, 0.15) is 0 Å². The van der Waals surface area contributed by atoms with Crippen LogP contribution in [-0.2, 0) is 14.8 Å². The summed E-state index contributed by atoms with van der Waals surface area (Å²) in [5.41, 5.74) is 1.36. The highest BCUT2D eigenvalue weighted by atomic mass is 32.2. The Morgan fingerprint density at radius 3 is 2.55 bits per heavy atom. The molecule has 1 aliphatic rings. The Morgan fingerprint density at radius 2 is 2.00 bits per heavy atom. The molecule has 1 N–H and O–H groups in total. The summed E-state index contributed by atoms with van der Waals surface area (Å²) in [6, 6.07) is 6.96. The van der Waals surface area contributed by atoms with Crippen molar-refractivity contribution in [3.05, 3.63) is 24.3 Å². The Hall–Kier alpha value is -1.56. The molecule has 1 fully saturated rings. The summed E-state index contributed by atoms with van der Waals surface area (Å²) in [6.45, 7) is 2.57. The summed E-state index contributed by atoms with van der Waals surface area (Å²) in [5.74, 6) is 0.205. The number of rotatable bonds is 5. The van der Waals surface area contributed by atoms with Gasteiger partial charge in [0.25, 0.3) is 0 Å². The van der Waals surface area contributed by atoms with Crippen LogP contribution in [0.25, 0.3) is 0 Å². The summed E-state index contributed by atoms with van der Waals surface area (Å²) in [7, 11) is -3.14. The van der Waals surface area contributed by atoms with Crippen LogP contribution in [0.1, 0.15) is 32.6 Å². The molecule has 0 unspecified atom stereocenters. The third-order valence-electron chi connectivity index (χ3n) is 3.30. The topological polar surface area (TPSA) is 66.5 Å². The first-order valence-corrected chi connectivity index (χ1v) is 8.54. The molecule has 0 spiro atoms. The minimum atomic E-state index is -3.14. The van der Waals surface area contributed by atoms with E-state index in [4.69, 9.17) is 0 Å². The van der Waals surface area contributed by atoms with Crippen molar-refractivity contribution in [1.29, 1.82) is 0 Å². The van der Waals surface area contributed by atoms with Gasteiger partial charge in [-0.25, -0.2) is 8.42 Å². The molecular formula is C14H20N2O3S. The van der Waals surface area contributed by atoms with Crippen LogP contribution in [0.15, 0.2) is 24.3 Å². The number of carbonyl (C=O) groups is 1. The minimum Gasteiger partial charge on any atom is -0.326 e. The molecular weight excluding hydrogens is 276 g/mol. The zero-order valence-corrected chi connectivity index (χ0v) is 12.4. The van der Waals surface area contributed by atoms with Gasteiger partial charge in [0.15, 0.2) is 0 Å². The van der Waals surface area contributed by atoms with Gasteiger partial charge in [-0.1, -0.05) is 13.3 Å². The predicted octanol–water partition coefficient (Wildman–Crippen LogP) is 2.36. The van der Waals surface area contributed by atoms with Crippen LogP contribution in [0.4, 0.5) is 11.4 Å². The smallest absolute Gasteiger partial charge is 0.235 e. The number of sulfonamides is 1. The van der Waals surface area contributed by atoms with E-state index in [1.807, 2.05) is 6.92 Å².